The summed E-state index contributed by atoms with van der Waals surface area (Å²) in [4.78, 5) is 21.5. The van der Waals surface area contributed by atoms with Gasteiger partial charge in [-0.25, -0.2) is 19.9 Å². The van der Waals surface area contributed by atoms with Crippen LogP contribution in [0, 0.1) is 0 Å². The van der Waals surface area contributed by atoms with Crippen LogP contribution in [0.15, 0.2) is 255 Å². The highest BCUT2D eigenvalue weighted by Gasteiger charge is 2.46. The summed E-state index contributed by atoms with van der Waals surface area (Å²) in [7, 11) is 0. The zero-order valence-electron chi connectivity index (χ0n) is 39.5. The molecule has 0 aliphatic heterocycles. The lowest BCUT2D eigenvalue weighted by Gasteiger charge is -2.34. The number of rotatable bonds is 6. The fourth-order valence-corrected chi connectivity index (χ4v) is 11.9. The van der Waals surface area contributed by atoms with Crippen molar-refractivity contribution in [3.63, 3.8) is 0 Å². The maximum atomic E-state index is 5.50. The molecule has 0 radical (unpaired) electrons. The number of para-hydroxylation sites is 2. The number of nitrogens with zero attached hydrogens (tertiary/aromatic N) is 4. The van der Waals surface area contributed by atoms with Gasteiger partial charge in [-0.15, -0.1) is 0 Å². The third-order valence-electron chi connectivity index (χ3n) is 15.3. The van der Waals surface area contributed by atoms with Gasteiger partial charge in [0.2, 0.25) is 0 Å². The van der Waals surface area contributed by atoms with Gasteiger partial charge >= 0.3 is 0 Å². The zero-order valence-corrected chi connectivity index (χ0v) is 39.5. The standard InChI is InChI=1S/C69H42N4/c1-3-17-51(18-4-1)69(52-19-5-2-6-20-52)61-41-48(66-60-24-12-14-26-64(60)70-67(73-66)49-33-36-56-46(40-49)30-28-44-16-8-10-22-54(44)56)32-37-57(61)58-38-34-50(42-62(58)69)68-71-63-25-13-11-23-59(63)65(72-68)47-31-35-55-45(39-47)29-27-43-15-7-9-21-53(43)55/h1-42H. The van der Waals surface area contributed by atoms with E-state index in [1.165, 1.54) is 71.1 Å². The fraction of sp³-hybridized carbons (Fsp3) is 0.0145. The first-order valence-electron chi connectivity index (χ1n) is 24.9. The Balaban J connectivity index is 0.923. The second-order valence-electron chi connectivity index (χ2n) is 19.3. The van der Waals surface area contributed by atoms with Crippen molar-refractivity contribution < 1.29 is 0 Å². The van der Waals surface area contributed by atoms with Crippen LogP contribution < -0.4 is 0 Å². The molecule has 0 atom stereocenters. The predicted octanol–water partition coefficient (Wildman–Crippen LogP) is 17.2. The van der Waals surface area contributed by atoms with E-state index >= 15 is 0 Å². The quantitative estimate of drug-likeness (QED) is 0.156. The molecule has 0 saturated carbocycles. The van der Waals surface area contributed by atoms with Crippen LogP contribution in [0.25, 0.3) is 121 Å². The van der Waals surface area contributed by atoms with Crippen LogP contribution in [0.2, 0.25) is 0 Å². The van der Waals surface area contributed by atoms with Gasteiger partial charge in [0.05, 0.1) is 27.8 Å². The molecule has 4 nitrogen and oxygen atoms in total. The lowest BCUT2D eigenvalue weighted by Crippen LogP contribution is -2.28. The van der Waals surface area contributed by atoms with Crippen LogP contribution in [-0.4, -0.2) is 19.9 Å². The Morgan fingerprint density at radius 2 is 0.616 bits per heavy atom. The summed E-state index contributed by atoms with van der Waals surface area (Å²) in [5.41, 5.74) is 14.0. The molecule has 15 rings (SSSR count). The molecule has 338 valence electrons. The number of fused-ring (bicyclic) bond motifs is 11. The molecule has 0 bridgehead atoms. The maximum Gasteiger partial charge on any atom is 0.160 e. The van der Waals surface area contributed by atoms with E-state index in [0.29, 0.717) is 11.6 Å². The second kappa shape index (κ2) is 16.2. The minimum absolute atomic E-state index is 0.684. The number of hydrogen-bond acceptors (Lipinski definition) is 4. The maximum absolute atomic E-state index is 5.50. The lowest BCUT2D eigenvalue weighted by molar-refractivity contribution is 0.769. The Kier molecular flexibility index (Phi) is 9.14. The number of benzene rings is 12. The molecule has 0 N–H and O–H groups in total. The molecule has 0 unspecified atom stereocenters. The lowest BCUT2D eigenvalue weighted by atomic mass is 9.67. The van der Waals surface area contributed by atoms with Crippen molar-refractivity contribution in [2.24, 2.45) is 0 Å². The van der Waals surface area contributed by atoms with E-state index in [0.717, 1.165) is 60.8 Å². The van der Waals surface area contributed by atoms with Gasteiger partial charge in [0.25, 0.3) is 0 Å². The Bertz CT molecular complexity index is 4520. The summed E-state index contributed by atoms with van der Waals surface area (Å²) in [6, 6.07) is 91.9. The molecule has 0 spiro atoms. The van der Waals surface area contributed by atoms with Crippen molar-refractivity contribution in [3.05, 3.63) is 277 Å². The van der Waals surface area contributed by atoms with Crippen LogP contribution in [0.4, 0.5) is 0 Å². The molecular weight excluding hydrogens is 885 g/mol. The number of hydrogen-bond donors (Lipinski definition) is 0. The van der Waals surface area contributed by atoms with Crippen molar-refractivity contribution in [1.82, 2.24) is 19.9 Å². The topological polar surface area (TPSA) is 51.6 Å². The van der Waals surface area contributed by atoms with Gasteiger partial charge in [0.15, 0.2) is 11.6 Å². The van der Waals surface area contributed by atoms with Crippen molar-refractivity contribution >= 4 is 64.9 Å². The van der Waals surface area contributed by atoms with Crippen molar-refractivity contribution in [1.29, 1.82) is 0 Å². The molecule has 2 heterocycles. The minimum Gasteiger partial charge on any atom is -0.228 e. The van der Waals surface area contributed by atoms with Crippen molar-refractivity contribution in [3.8, 4) is 56.4 Å². The average Bonchev–Trinajstić information content (AvgIpc) is 3.78. The molecule has 1 aliphatic carbocycles. The Hall–Kier alpha value is -9.64. The third-order valence-corrected chi connectivity index (χ3v) is 15.3. The molecule has 0 fully saturated rings. The Labute approximate surface area is 421 Å². The smallest absolute Gasteiger partial charge is 0.160 e. The zero-order chi connectivity index (χ0) is 48.0. The summed E-state index contributed by atoms with van der Waals surface area (Å²) in [5, 5.41) is 11.8. The molecule has 12 aromatic carbocycles. The monoisotopic (exact) mass is 926 g/mol. The highest BCUT2D eigenvalue weighted by molar-refractivity contribution is 6.10. The van der Waals surface area contributed by atoms with E-state index in [-0.39, 0.29) is 0 Å². The summed E-state index contributed by atoms with van der Waals surface area (Å²) in [6.07, 6.45) is 0. The van der Waals surface area contributed by atoms with Gasteiger partial charge in [-0.3, -0.25) is 0 Å². The molecule has 4 heteroatoms. The van der Waals surface area contributed by atoms with Crippen LogP contribution in [0.5, 0.6) is 0 Å². The first-order chi connectivity index (χ1) is 36.2. The van der Waals surface area contributed by atoms with E-state index in [4.69, 9.17) is 19.9 Å². The Morgan fingerprint density at radius 3 is 1.16 bits per heavy atom. The predicted molar refractivity (Wildman–Crippen MR) is 302 cm³/mol. The van der Waals surface area contributed by atoms with Crippen LogP contribution >= 0.6 is 0 Å². The first-order valence-corrected chi connectivity index (χ1v) is 24.9. The highest BCUT2D eigenvalue weighted by Crippen LogP contribution is 2.57. The summed E-state index contributed by atoms with van der Waals surface area (Å²) < 4.78 is 0. The van der Waals surface area contributed by atoms with E-state index in [1.54, 1.807) is 0 Å². The largest absolute Gasteiger partial charge is 0.228 e. The molecule has 14 aromatic rings. The average molecular weight is 927 g/mol. The normalized spacial score (nSPS) is 12.8. The summed E-state index contributed by atoms with van der Waals surface area (Å²) in [5.74, 6) is 1.38. The molecule has 2 aromatic heterocycles. The van der Waals surface area contributed by atoms with Gasteiger partial charge in [-0.2, -0.15) is 0 Å². The van der Waals surface area contributed by atoms with Crippen molar-refractivity contribution in [2.45, 2.75) is 5.41 Å². The van der Waals surface area contributed by atoms with Gasteiger partial charge < -0.3 is 0 Å². The van der Waals surface area contributed by atoms with Gasteiger partial charge in [-0.1, -0.05) is 218 Å². The molecule has 0 amide bonds. The van der Waals surface area contributed by atoms with Crippen molar-refractivity contribution in [2.75, 3.05) is 0 Å². The molecule has 0 saturated heterocycles. The van der Waals surface area contributed by atoms with Crippen LogP contribution in [-0.2, 0) is 5.41 Å². The highest BCUT2D eigenvalue weighted by atomic mass is 14.9. The fourth-order valence-electron chi connectivity index (χ4n) is 11.9. The minimum atomic E-state index is -0.702. The van der Waals surface area contributed by atoms with Crippen LogP contribution in [0.3, 0.4) is 0 Å². The van der Waals surface area contributed by atoms with Gasteiger partial charge in [0, 0.05) is 33.0 Å². The van der Waals surface area contributed by atoms with Gasteiger partial charge in [-0.05, 0) is 113 Å². The SMILES string of the molecule is c1ccc(C2(c3ccccc3)c3cc(-c4nc(-c5ccc6c(ccc7ccccc76)c5)c5ccccc5n4)ccc3-c3ccc(-c4nc(-c5ccc6c(ccc7ccccc76)c5)nc5ccccc45)cc32)cc1. The molecule has 1 aliphatic rings. The van der Waals surface area contributed by atoms with E-state index in [9.17, 15) is 0 Å². The van der Waals surface area contributed by atoms with E-state index in [2.05, 4.69) is 255 Å². The van der Waals surface area contributed by atoms with E-state index in [1.807, 2.05) is 0 Å². The Morgan fingerprint density at radius 1 is 0.247 bits per heavy atom. The van der Waals surface area contributed by atoms with Gasteiger partial charge in [0.1, 0.15) is 0 Å². The molecular formula is C69H42N4. The molecule has 73 heavy (non-hydrogen) atoms. The van der Waals surface area contributed by atoms with E-state index < -0.39 is 5.41 Å². The first kappa shape index (κ1) is 41.2. The number of aromatic nitrogens is 4. The summed E-state index contributed by atoms with van der Waals surface area (Å²) in [6.45, 7) is 0. The third kappa shape index (κ3) is 6.40. The van der Waals surface area contributed by atoms with Crippen LogP contribution in [0.1, 0.15) is 22.3 Å². The summed E-state index contributed by atoms with van der Waals surface area (Å²) >= 11 is 0. The second-order valence-corrected chi connectivity index (χ2v) is 19.3.